The van der Waals surface area contributed by atoms with Crippen LogP contribution in [-0.4, -0.2) is 105 Å². The van der Waals surface area contributed by atoms with Crippen LogP contribution in [0.5, 0.6) is 0 Å². The second kappa shape index (κ2) is 26.2. The van der Waals surface area contributed by atoms with Gasteiger partial charge in [0.15, 0.2) is 0 Å². The molecule has 0 aromatic carbocycles. The number of hydrogen-bond acceptors (Lipinski definition) is 9. The zero-order valence-corrected chi connectivity index (χ0v) is 19.0. The van der Waals surface area contributed by atoms with Gasteiger partial charge in [-0.15, -0.1) is 0 Å². The number of unbranched alkanes of at least 4 members (excludes halogenated alkanes) is 2. The molecule has 0 saturated heterocycles. The lowest BCUT2D eigenvalue weighted by molar-refractivity contribution is -0.145. The fourth-order valence-corrected chi connectivity index (χ4v) is 2.18. The molecule has 0 bridgehead atoms. The highest BCUT2D eigenvalue weighted by atomic mass is 16.6. The summed E-state index contributed by atoms with van der Waals surface area (Å²) in [5, 5.41) is 3.01. The van der Waals surface area contributed by atoms with Crippen molar-refractivity contribution < 1.29 is 38.0 Å². The van der Waals surface area contributed by atoms with Gasteiger partial charge in [0.05, 0.1) is 79.3 Å². The van der Waals surface area contributed by atoms with E-state index in [2.05, 4.69) is 12.2 Å². The van der Waals surface area contributed by atoms with Crippen molar-refractivity contribution >= 4 is 5.97 Å². The molecule has 0 saturated carbocycles. The normalized spacial score (nSPS) is 11.1. The number of carbonyl (C=O) groups is 1. The first-order chi connectivity index (χ1) is 14.8. The van der Waals surface area contributed by atoms with Crippen molar-refractivity contribution in [2.24, 2.45) is 0 Å². The molecule has 0 fully saturated rings. The molecule has 0 aromatic rings. The molecule has 1 N–H and O–H groups in total. The van der Waals surface area contributed by atoms with E-state index < -0.39 is 0 Å². The minimum Gasteiger partial charge on any atom is -0.463 e. The fraction of sp³-hybridized carbons (Fsp3) is 0.952. The molecule has 0 aliphatic heterocycles. The van der Waals surface area contributed by atoms with E-state index >= 15 is 0 Å². The topological polar surface area (TPSA) is 93.7 Å². The van der Waals surface area contributed by atoms with E-state index in [4.69, 9.17) is 33.2 Å². The summed E-state index contributed by atoms with van der Waals surface area (Å²) in [5.74, 6) is -0.151. The second-order valence-corrected chi connectivity index (χ2v) is 6.46. The molecule has 0 radical (unpaired) electrons. The molecule has 30 heavy (non-hydrogen) atoms. The van der Waals surface area contributed by atoms with Crippen LogP contribution in [0, 0.1) is 0 Å². The second-order valence-electron chi connectivity index (χ2n) is 6.46. The fourth-order valence-electron chi connectivity index (χ4n) is 2.18. The highest BCUT2D eigenvalue weighted by molar-refractivity contribution is 5.69. The number of likely N-dealkylation sites (N-methyl/N-ethyl adjacent to an activating group) is 1. The van der Waals surface area contributed by atoms with E-state index in [1.807, 2.05) is 7.05 Å². The summed E-state index contributed by atoms with van der Waals surface area (Å²) in [7, 11) is 1.89. The van der Waals surface area contributed by atoms with Gasteiger partial charge in [-0.1, -0.05) is 19.8 Å². The summed E-state index contributed by atoms with van der Waals surface area (Å²) >= 11 is 0. The molecule has 0 amide bonds. The Labute approximate surface area is 182 Å². The summed E-state index contributed by atoms with van der Waals surface area (Å²) in [6.07, 6.45) is 3.53. The monoisotopic (exact) mass is 437 g/mol. The van der Waals surface area contributed by atoms with E-state index in [1.54, 1.807) is 0 Å². The molecule has 0 aliphatic rings. The first-order valence-electron chi connectivity index (χ1n) is 11.1. The molecule has 0 rings (SSSR count). The summed E-state index contributed by atoms with van der Waals surface area (Å²) < 4.78 is 37.4. The summed E-state index contributed by atoms with van der Waals surface area (Å²) in [6, 6.07) is 0. The minimum atomic E-state index is -0.151. The Hall–Kier alpha value is -0.810. The lowest BCUT2D eigenvalue weighted by Gasteiger charge is -2.08. The molecule has 0 aliphatic carbocycles. The number of rotatable bonds is 25. The lowest BCUT2D eigenvalue weighted by atomic mass is 10.2. The zero-order valence-electron chi connectivity index (χ0n) is 19.0. The average Bonchev–Trinajstić information content (AvgIpc) is 2.75. The quantitative estimate of drug-likeness (QED) is 0.168. The molecule has 0 spiro atoms. The molecular formula is C21H43NO8. The zero-order chi connectivity index (χ0) is 22.0. The number of esters is 1. The number of ether oxygens (including phenoxy) is 7. The van der Waals surface area contributed by atoms with Gasteiger partial charge in [0.1, 0.15) is 6.61 Å². The highest BCUT2D eigenvalue weighted by Gasteiger charge is 2.01. The molecular weight excluding hydrogens is 394 g/mol. The summed E-state index contributed by atoms with van der Waals surface area (Å²) in [4.78, 5) is 11.4. The predicted octanol–water partition coefficient (Wildman–Crippen LogP) is 1.43. The van der Waals surface area contributed by atoms with E-state index in [1.165, 1.54) is 0 Å². The molecule has 180 valence electrons. The van der Waals surface area contributed by atoms with E-state index in [0.717, 1.165) is 25.8 Å². The molecule has 9 nitrogen and oxygen atoms in total. The van der Waals surface area contributed by atoms with Crippen LogP contribution in [0.1, 0.15) is 32.6 Å². The Balaban J connectivity index is 3.06. The third-order valence-corrected chi connectivity index (χ3v) is 3.83. The standard InChI is InChI=1S/C21H43NO8/c1-3-4-5-6-21(23)30-20-19-29-18-17-28-16-15-27-14-13-26-12-11-25-10-9-24-8-7-22-2/h22H,3-20H2,1-2H3. The van der Waals surface area contributed by atoms with Crippen molar-refractivity contribution in [3.63, 3.8) is 0 Å². The van der Waals surface area contributed by atoms with E-state index in [-0.39, 0.29) is 5.97 Å². The summed E-state index contributed by atoms with van der Waals surface area (Å²) in [6.45, 7) is 9.64. The molecule has 0 atom stereocenters. The van der Waals surface area contributed by atoms with E-state index in [0.29, 0.717) is 92.3 Å². The maximum Gasteiger partial charge on any atom is 0.305 e. The van der Waals surface area contributed by atoms with Crippen molar-refractivity contribution in [1.29, 1.82) is 0 Å². The van der Waals surface area contributed by atoms with Crippen LogP contribution < -0.4 is 5.32 Å². The van der Waals surface area contributed by atoms with Crippen LogP contribution in [0.4, 0.5) is 0 Å². The summed E-state index contributed by atoms with van der Waals surface area (Å²) in [5.41, 5.74) is 0. The van der Waals surface area contributed by atoms with Crippen molar-refractivity contribution in [3.05, 3.63) is 0 Å². The van der Waals surface area contributed by atoms with Gasteiger partial charge >= 0.3 is 5.97 Å². The van der Waals surface area contributed by atoms with Gasteiger partial charge in [0.25, 0.3) is 0 Å². The number of hydrogen-bond donors (Lipinski definition) is 1. The van der Waals surface area contributed by atoms with Gasteiger partial charge in [-0.2, -0.15) is 0 Å². The lowest BCUT2D eigenvalue weighted by Crippen LogP contribution is -2.17. The van der Waals surface area contributed by atoms with Crippen LogP contribution in [0.2, 0.25) is 0 Å². The smallest absolute Gasteiger partial charge is 0.305 e. The van der Waals surface area contributed by atoms with Gasteiger partial charge in [-0.05, 0) is 13.5 Å². The third-order valence-electron chi connectivity index (χ3n) is 3.83. The van der Waals surface area contributed by atoms with Crippen LogP contribution >= 0.6 is 0 Å². The SMILES string of the molecule is CCCCCC(=O)OCCOCCOCCOCCOCCOCCOCCNC. The van der Waals surface area contributed by atoms with Gasteiger partial charge in [-0.3, -0.25) is 4.79 Å². The highest BCUT2D eigenvalue weighted by Crippen LogP contribution is 2.00. The predicted molar refractivity (Wildman–Crippen MR) is 114 cm³/mol. The third kappa shape index (κ3) is 25.2. The Kier molecular flexibility index (Phi) is 25.5. The maximum absolute atomic E-state index is 11.4. The van der Waals surface area contributed by atoms with Crippen LogP contribution in [0.3, 0.4) is 0 Å². The van der Waals surface area contributed by atoms with Gasteiger partial charge in [0, 0.05) is 13.0 Å². The van der Waals surface area contributed by atoms with Crippen LogP contribution in [0.15, 0.2) is 0 Å². The molecule has 0 heterocycles. The molecule has 0 unspecified atom stereocenters. The van der Waals surface area contributed by atoms with Gasteiger partial charge in [0.2, 0.25) is 0 Å². The van der Waals surface area contributed by atoms with Gasteiger partial charge in [-0.25, -0.2) is 0 Å². The van der Waals surface area contributed by atoms with Crippen LogP contribution in [0.25, 0.3) is 0 Å². The first-order valence-corrected chi connectivity index (χ1v) is 11.1. The Bertz CT molecular complexity index is 347. The molecule has 0 aromatic heterocycles. The van der Waals surface area contributed by atoms with Gasteiger partial charge < -0.3 is 38.5 Å². The first kappa shape index (κ1) is 29.2. The Morgan fingerprint density at radius 3 is 1.40 bits per heavy atom. The van der Waals surface area contributed by atoms with Crippen molar-refractivity contribution in [3.8, 4) is 0 Å². The van der Waals surface area contributed by atoms with Crippen molar-refractivity contribution in [2.45, 2.75) is 32.6 Å². The van der Waals surface area contributed by atoms with Crippen molar-refractivity contribution in [2.75, 3.05) is 99.5 Å². The maximum atomic E-state index is 11.4. The number of nitrogens with one attached hydrogen (secondary N) is 1. The van der Waals surface area contributed by atoms with Crippen LogP contribution in [-0.2, 0) is 38.0 Å². The Morgan fingerprint density at radius 2 is 1.00 bits per heavy atom. The Morgan fingerprint density at radius 1 is 0.600 bits per heavy atom. The van der Waals surface area contributed by atoms with Crippen molar-refractivity contribution in [1.82, 2.24) is 5.32 Å². The van der Waals surface area contributed by atoms with E-state index in [9.17, 15) is 4.79 Å². The average molecular weight is 438 g/mol. The largest absolute Gasteiger partial charge is 0.463 e. The molecule has 9 heteroatoms. The number of carbonyl (C=O) groups excluding carboxylic acids is 1. The minimum absolute atomic E-state index is 0.151.